The monoisotopic (exact) mass is 336 g/mol. The van der Waals surface area contributed by atoms with Crippen molar-refractivity contribution in [2.75, 3.05) is 31.1 Å². The van der Waals surface area contributed by atoms with Gasteiger partial charge in [-0.15, -0.1) is 0 Å². The van der Waals surface area contributed by atoms with Crippen molar-refractivity contribution in [1.82, 2.24) is 15.3 Å². The molecule has 1 aromatic heterocycles. The van der Waals surface area contributed by atoms with E-state index in [4.69, 9.17) is 0 Å². The van der Waals surface area contributed by atoms with Gasteiger partial charge in [-0.25, -0.2) is 9.97 Å². The van der Waals surface area contributed by atoms with Crippen molar-refractivity contribution in [2.24, 2.45) is 5.41 Å². The number of hydrogen-bond acceptors (Lipinski definition) is 4. The van der Waals surface area contributed by atoms with E-state index >= 15 is 0 Å². The Morgan fingerprint density at radius 1 is 1.12 bits per heavy atom. The van der Waals surface area contributed by atoms with E-state index in [0.717, 1.165) is 44.8 Å². The Balaban J connectivity index is 1.62. The fraction of sp³-hybridized carbons (Fsp3) is 0.529. The van der Waals surface area contributed by atoms with E-state index in [1.165, 1.54) is 12.4 Å². The molecule has 0 bridgehead atoms. The molecule has 128 valence electrons. The summed E-state index contributed by atoms with van der Waals surface area (Å²) in [6.07, 6.45) is -1.35. The van der Waals surface area contributed by atoms with Crippen LogP contribution in [-0.2, 0) is 6.42 Å². The molecule has 1 aromatic carbocycles. The summed E-state index contributed by atoms with van der Waals surface area (Å²) in [5.74, 6) is 0.758. The van der Waals surface area contributed by atoms with Gasteiger partial charge in [-0.1, -0.05) is 6.07 Å². The Kier molecular flexibility index (Phi) is 3.63. The first-order chi connectivity index (χ1) is 11.4. The Morgan fingerprint density at radius 2 is 1.88 bits per heavy atom. The molecule has 0 saturated carbocycles. The van der Waals surface area contributed by atoms with Crippen LogP contribution in [0, 0.1) is 5.41 Å². The van der Waals surface area contributed by atoms with E-state index < -0.39 is 12.6 Å². The number of halogens is 3. The first-order valence-corrected chi connectivity index (χ1v) is 8.20. The molecule has 7 heteroatoms. The number of fused-ring (bicyclic) bond motifs is 1. The van der Waals surface area contributed by atoms with Gasteiger partial charge < -0.3 is 10.2 Å². The molecule has 2 saturated heterocycles. The molecule has 2 aliphatic heterocycles. The van der Waals surface area contributed by atoms with Crippen LogP contribution < -0.4 is 10.2 Å². The minimum absolute atomic E-state index is 0.253. The summed E-state index contributed by atoms with van der Waals surface area (Å²) in [5, 5.41) is 4.08. The molecule has 2 aromatic rings. The topological polar surface area (TPSA) is 41.1 Å². The Labute approximate surface area is 138 Å². The maximum Gasteiger partial charge on any atom is 0.393 e. The number of nitrogens with one attached hydrogen (secondary N) is 1. The van der Waals surface area contributed by atoms with Crippen LogP contribution in [0.4, 0.5) is 19.0 Å². The minimum Gasteiger partial charge on any atom is -0.355 e. The third-order valence-corrected chi connectivity index (χ3v) is 5.10. The SMILES string of the molecule is FC(F)(F)Cc1ccc2ncnc(N3CC4(CCNCC4)C3)c2c1. The smallest absolute Gasteiger partial charge is 0.355 e. The molecule has 0 radical (unpaired) electrons. The van der Waals surface area contributed by atoms with Crippen LogP contribution in [0.15, 0.2) is 24.5 Å². The molecule has 4 nitrogen and oxygen atoms in total. The van der Waals surface area contributed by atoms with Crippen molar-refractivity contribution >= 4 is 16.7 Å². The molecule has 1 N–H and O–H groups in total. The van der Waals surface area contributed by atoms with Gasteiger partial charge in [0.25, 0.3) is 0 Å². The van der Waals surface area contributed by atoms with Gasteiger partial charge in [0.05, 0.1) is 11.9 Å². The van der Waals surface area contributed by atoms with Gasteiger partial charge in [0.2, 0.25) is 0 Å². The van der Waals surface area contributed by atoms with Crippen molar-refractivity contribution in [3.8, 4) is 0 Å². The van der Waals surface area contributed by atoms with Crippen LogP contribution in [0.5, 0.6) is 0 Å². The Morgan fingerprint density at radius 3 is 2.58 bits per heavy atom. The predicted octanol–water partition coefficient (Wildman–Crippen LogP) is 2.92. The lowest BCUT2D eigenvalue weighted by molar-refractivity contribution is -0.127. The molecule has 2 fully saturated rings. The van der Waals surface area contributed by atoms with E-state index in [1.54, 1.807) is 12.1 Å². The maximum atomic E-state index is 12.7. The Bertz CT molecular complexity index is 745. The summed E-state index contributed by atoms with van der Waals surface area (Å²) >= 11 is 0. The molecule has 0 unspecified atom stereocenters. The molecule has 0 aliphatic carbocycles. The fourth-order valence-electron chi connectivity index (χ4n) is 3.87. The lowest BCUT2D eigenvalue weighted by Gasteiger charge is -2.53. The van der Waals surface area contributed by atoms with Gasteiger partial charge in [0.1, 0.15) is 12.1 Å². The summed E-state index contributed by atoms with van der Waals surface area (Å²) < 4.78 is 38.0. The van der Waals surface area contributed by atoms with Crippen LogP contribution in [0.1, 0.15) is 18.4 Å². The standard InChI is InChI=1S/C17H19F3N4/c18-17(19,20)8-12-1-2-14-13(7-12)15(23-11-22-14)24-9-16(10-24)3-5-21-6-4-16/h1-2,7,11,21H,3-6,8-10H2. The summed E-state index contributed by atoms with van der Waals surface area (Å²) in [6.45, 7) is 3.91. The molecule has 2 aliphatic rings. The predicted molar refractivity (Wildman–Crippen MR) is 86.0 cm³/mol. The average Bonchev–Trinajstić information content (AvgIpc) is 2.51. The number of hydrogen-bond donors (Lipinski definition) is 1. The van der Waals surface area contributed by atoms with Crippen LogP contribution in [0.3, 0.4) is 0 Å². The third-order valence-electron chi connectivity index (χ3n) is 5.10. The largest absolute Gasteiger partial charge is 0.393 e. The number of aromatic nitrogens is 2. The van der Waals surface area contributed by atoms with Crippen molar-refractivity contribution in [3.63, 3.8) is 0 Å². The second kappa shape index (κ2) is 5.58. The molecule has 0 atom stereocenters. The zero-order valence-corrected chi connectivity index (χ0v) is 13.2. The normalized spacial score (nSPS) is 20.4. The maximum absolute atomic E-state index is 12.7. The van der Waals surface area contributed by atoms with Crippen LogP contribution in [0.2, 0.25) is 0 Å². The third kappa shape index (κ3) is 2.92. The summed E-state index contributed by atoms with van der Waals surface area (Å²) in [4.78, 5) is 10.7. The number of rotatable bonds is 2. The van der Waals surface area contributed by atoms with Crippen molar-refractivity contribution in [2.45, 2.75) is 25.4 Å². The fourth-order valence-corrected chi connectivity index (χ4v) is 3.87. The molecule has 24 heavy (non-hydrogen) atoms. The zero-order chi connectivity index (χ0) is 16.8. The molecular weight excluding hydrogens is 317 g/mol. The van der Waals surface area contributed by atoms with E-state index in [1.807, 2.05) is 0 Å². The quantitative estimate of drug-likeness (QED) is 0.916. The van der Waals surface area contributed by atoms with E-state index in [9.17, 15) is 13.2 Å². The molecule has 4 rings (SSSR count). The highest BCUT2D eigenvalue weighted by Gasteiger charge is 2.44. The van der Waals surface area contributed by atoms with E-state index in [2.05, 4.69) is 20.2 Å². The minimum atomic E-state index is -4.21. The lowest BCUT2D eigenvalue weighted by atomic mass is 9.72. The highest BCUT2D eigenvalue weighted by molar-refractivity contribution is 5.90. The summed E-state index contributed by atoms with van der Waals surface area (Å²) in [6, 6.07) is 4.74. The van der Waals surface area contributed by atoms with Gasteiger partial charge in [-0.3, -0.25) is 0 Å². The van der Waals surface area contributed by atoms with Crippen LogP contribution >= 0.6 is 0 Å². The van der Waals surface area contributed by atoms with Crippen molar-refractivity contribution < 1.29 is 13.2 Å². The van der Waals surface area contributed by atoms with E-state index in [0.29, 0.717) is 16.3 Å². The van der Waals surface area contributed by atoms with Crippen molar-refractivity contribution in [3.05, 3.63) is 30.1 Å². The van der Waals surface area contributed by atoms with Gasteiger partial charge in [-0.2, -0.15) is 13.2 Å². The first kappa shape index (κ1) is 15.6. The van der Waals surface area contributed by atoms with E-state index in [-0.39, 0.29) is 5.56 Å². The highest BCUT2D eigenvalue weighted by atomic mass is 19.4. The number of nitrogens with zero attached hydrogens (tertiary/aromatic N) is 3. The Hall–Kier alpha value is -1.89. The first-order valence-electron chi connectivity index (χ1n) is 8.20. The van der Waals surface area contributed by atoms with Crippen molar-refractivity contribution in [1.29, 1.82) is 0 Å². The average molecular weight is 336 g/mol. The second-order valence-corrected chi connectivity index (χ2v) is 6.95. The highest BCUT2D eigenvalue weighted by Crippen LogP contribution is 2.42. The van der Waals surface area contributed by atoms with Gasteiger partial charge >= 0.3 is 6.18 Å². The van der Waals surface area contributed by atoms with Crippen LogP contribution in [0.25, 0.3) is 10.9 Å². The van der Waals surface area contributed by atoms with Gasteiger partial charge in [-0.05, 0) is 43.6 Å². The summed E-state index contributed by atoms with van der Waals surface area (Å²) in [7, 11) is 0. The molecular formula is C17H19F3N4. The number of anilines is 1. The van der Waals surface area contributed by atoms with Crippen LogP contribution in [-0.4, -0.2) is 42.3 Å². The summed E-state index contributed by atoms with van der Waals surface area (Å²) in [5.41, 5.74) is 1.28. The molecule has 1 spiro atoms. The second-order valence-electron chi connectivity index (χ2n) is 6.95. The lowest BCUT2D eigenvalue weighted by Crippen LogP contribution is -2.60. The number of piperidine rings is 1. The number of alkyl halides is 3. The van der Waals surface area contributed by atoms with Gasteiger partial charge in [0, 0.05) is 23.9 Å². The number of benzene rings is 1. The molecule has 3 heterocycles. The zero-order valence-electron chi connectivity index (χ0n) is 13.2. The molecule has 0 amide bonds. The van der Waals surface area contributed by atoms with Gasteiger partial charge in [0.15, 0.2) is 0 Å².